The molecule has 2 N–H and O–H groups in total. The lowest BCUT2D eigenvalue weighted by molar-refractivity contribution is -0.134. The first-order chi connectivity index (χ1) is 14.8. The fraction of sp³-hybridized carbons (Fsp3) is 0.375. The van der Waals surface area contributed by atoms with E-state index >= 15 is 0 Å². The lowest BCUT2D eigenvalue weighted by Crippen LogP contribution is -2.47. The minimum atomic E-state index is -0.185. The molecule has 1 aliphatic rings. The second-order valence-electron chi connectivity index (χ2n) is 7.93. The summed E-state index contributed by atoms with van der Waals surface area (Å²) in [6.45, 7) is 6.63. The third-order valence-corrected chi connectivity index (χ3v) is 5.47. The standard InChI is InChI=1S/C24H29N3O4/c1-16-7-8-22(13-17(16)2)31-15-23(29)27-11-9-20(10-12-27)26-24(30)19-5-4-6-21(14-19)25-18(3)28/h4-8,13-14,20H,9-12,15H2,1-3H3,(H,25,28)(H,26,30). The van der Waals surface area contributed by atoms with Gasteiger partial charge in [-0.05, 0) is 68.1 Å². The number of hydrogen-bond acceptors (Lipinski definition) is 4. The number of rotatable bonds is 6. The van der Waals surface area contributed by atoms with Crippen LogP contribution in [0.1, 0.15) is 41.3 Å². The molecule has 0 spiro atoms. The lowest BCUT2D eigenvalue weighted by Gasteiger charge is -2.32. The van der Waals surface area contributed by atoms with Crippen molar-refractivity contribution in [2.75, 3.05) is 25.0 Å². The van der Waals surface area contributed by atoms with E-state index in [9.17, 15) is 14.4 Å². The number of benzene rings is 2. The average molecular weight is 424 g/mol. The minimum Gasteiger partial charge on any atom is -0.484 e. The molecule has 0 saturated carbocycles. The minimum absolute atomic E-state index is 0.00152. The molecule has 3 amide bonds. The highest BCUT2D eigenvalue weighted by atomic mass is 16.5. The van der Waals surface area contributed by atoms with Gasteiger partial charge in [-0.25, -0.2) is 0 Å². The molecule has 3 rings (SSSR count). The summed E-state index contributed by atoms with van der Waals surface area (Å²) in [5.41, 5.74) is 3.39. The topological polar surface area (TPSA) is 87.7 Å². The number of piperidine rings is 1. The molecule has 1 saturated heterocycles. The predicted octanol–water partition coefficient (Wildman–Crippen LogP) is 3.06. The molecule has 1 aliphatic heterocycles. The molecular weight excluding hydrogens is 394 g/mol. The molecule has 2 aromatic carbocycles. The van der Waals surface area contributed by atoms with Crippen LogP contribution >= 0.6 is 0 Å². The van der Waals surface area contributed by atoms with Crippen LogP contribution in [0.3, 0.4) is 0 Å². The average Bonchev–Trinajstić information content (AvgIpc) is 2.74. The van der Waals surface area contributed by atoms with Crippen molar-refractivity contribution in [3.8, 4) is 5.75 Å². The number of carbonyl (C=O) groups excluding carboxylic acids is 3. The highest BCUT2D eigenvalue weighted by Gasteiger charge is 2.24. The Hall–Kier alpha value is -3.35. The van der Waals surface area contributed by atoms with E-state index in [1.165, 1.54) is 12.5 Å². The molecule has 2 aromatic rings. The summed E-state index contributed by atoms with van der Waals surface area (Å²) in [6, 6.07) is 12.6. The van der Waals surface area contributed by atoms with Gasteiger partial charge in [0.2, 0.25) is 5.91 Å². The number of aryl methyl sites for hydroxylation is 2. The first kappa shape index (κ1) is 22.3. The molecule has 7 nitrogen and oxygen atoms in total. The fourth-order valence-electron chi connectivity index (χ4n) is 3.52. The molecule has 0 bridgehead atoms. The monoisotopic (exact) mass is 423 g/mol. The summed E-state index contributed by atoms with van der Waals surface area (Å²) in [5.74, 6) is 0.275. The van der Waals surface area contributed by atoms with Gasteiger partial charge in [-0.15, -0.1) is 0 Å². The van der Waals surface area contributed by atoms with Gasteiger partial charge in [0.05, 0.1) is 0 Å². The third kappa shape index (κ3) is 6.31. The van der Waals surface area contributed by atoms with Crippen LogP contribution in [0.15, 0.2) is 42.5 Å². The summed E-state index contributed by atoms with van der Waals surface area (Å²) in [4.78, 5) is 38.0. The quantitative estimate of drug-likeness (QED) is 0.748. The SMILES string of the molecule is CC(=O)Nc1cccc(C(=O)NC2CCN(C(=O)COc3ccc(C)c(C)c3)CC2)c1. The Labute approximate surface area is 182 Å². The number of carbonyl (C=O) groups is 3. The number of nitrogens with one attached hydrogen (secondary N) is 2. The number of nitrogens with zero attached hydrogens (tertiary/aromatic N) is 1. The van der Waals surface area contributed by atoms with Crippen LogP contribution in [-0.2, 0) is 9.59 Å². The Kier molecular flexibility index (Phi) is 7.28. The van der Waals surface area contributed by atoms with E-state index in [-0.39, 0.29) is 30.4 Å². The van der Waals surface area contributed by atoms with Gasteiger partial charge in [-0.3, -0.25) is 14.4 Å². The number of likely N-dealkylation sites (tertiary alicyclic amines) is 1. The van der Waals surface area contributed by atoms with Crippen molar-refractivity contribution in [3.63, 3.8) is 0 Å². The Balaban J connectivity index is 1.45. The van der Waals surface area contributed by atoms with Crippen LogP contribution in [-0.4, -0.2) is 48.4 Å². The maximum atomic E-state index is 12.6. The molecule has 0 aromatic heterocycles. The zero-order valence-corrected chi connectivity index (χ0v) is 18.2. The Morgan fingerprint density at radius 2 is 1.77 bits per heavy atom. The number of anilines is 1. The first-order valence-electron chi connectivity index (χ1n) is 10.5. The third-order valence-electron chi connectivity index (χ3n) is 5.47. The maximum absolute atomic E-state index is 12.6. The molecule has 164 valence electrons. The molecule has 7 heteroatoms. The summed E-state index contributed by atoms with van der Waals surface area (Å²) < 4.78 is 5.65. The lowest BCUT2D eigenvalue weighted by atomic mass is 10.0. The van der Waals surface area contributed by atoms with Crippen LogP contribution in [0, 0.1) is 13.8 Å². The number of amides is 3. The van der Waals surface area contributed by atoms with Crippen LogP contribution in [0.25, 0.3) is 0 Å². The Bertz CT molecular complexity index is 965. The molecule has 1 fully saturated rings. The summed E-state index contributed by atoms with van der Waals surface area (Å²) >= 11 is 0. The van der Waals surface area contributed by atoms with Gasteiger partial charge in [0.1, 0.15) is 5.75 Å². The van der Waals surface area contributed by atoms with Gasteiger partial charge >= 0.3 is 0 Å². The van der Waals surface area contributed by atoms with Gasteiger partial charge in [0.25, 0.3) is 11.8 Å². The van der Waals surface area contributed by atoms with E-state index in [0.717, 1.165) is 5.56 Å². The van der Waals surface area contributed by atoms with Gasteiger partial charge in [-0.1, -0.05) is 12.1 Å². The Morgan fingerprint density at radius 3 is 2.45 bits per heavy atom. The second-order valence-corrected chi connectivity index (χ2v) is 7.93. The zero-order valence-electron chi connectivity index (χ0n) is 18.2. The summed E-state index contributed by atoms with van der Waals surface area (Å²) in [5, 5.41) is 5.70. The van der Waals surface area contributed by atoms with Gasteiger partial charge in [0, 0.05) is 37.3 Å². The summed E-state index contributed by atoms with van der Waals surface area (Å²) in [7, 11) is 0. The van der Waals surface area contributed by atoms with E-state index in [1.54, 1.807) is 29.2 Å². The summed E-state index contributed by atoms with van der Waals surface area (Å²) in [6.07, 6.45) is 1.37. The second kappa shape index (κ2) is 10.1. The maximum Gasteiger partial charge on any atom is 0.260 e. The predicted molar refractivity (Wildman–Crippen MR) is 119 cm³/mol. The van der Waals surface area contributed by atoms with Crippen molar-refractivity contribution < 1.29 is 19.1 Å². The molecule has 1 heterocycles. The van der Waals surface area contributed by atoms with Crippen LogP contribution in [0.4, 0.5) is 5.69 Å². The van der Waals surface area contributed by atoms with Crippen molar-refractivity contribution in [3.05, 3.63) is 59.2 Å². The molecule has 0 atom stereocenters. The smallest absolute Gasteiger partial charge is 0.260 e. The van der Waals surface area contributed by atoms with Gasteiger partial charge < -0.3 is 20.3 Å². The van der Waals surface area contributed by atoms with E-state index in [0.29, 0.717) is 42.9 Å². The normalized spacial score (nSPS) is 14.1. The molecule has 0 unspecified atom stereocenters. The largest absolute Gasteiger partial charge is 0.484 e. The van der Waals surface area contributed by atoms with E-state index < -0.39 is 0 Å². The van der Waals surface area contributed by atoms with Crippen molar-refractivity contribution in [1.82, 2.24) is 10.2 Å². The van der Waals surface area contributed by atoms with E-state index in [1.807, 2.05) is 32.0 Å². The highest BCUT2D eigenvalue weighted by molar-refractivity contribution is 5.97. The van der Waals surface area contributed by atoms with Crippen LogP contribution in [0.5, 0.6) is 5.75 Å². The number of hydrogen-bond donors (Lipinski definition) is 2. The molecular formula is C24H29N3O4. The molecule has 0 radical (unpaired) electrons. The molecule has 0 aliphatic carbocycles. The fourth-order valence-corrected chi connectivity index (χ4v) is 3.52. The number of ether oxygens (including phenoxy) is 1. The van der Waals surface area contributed by atoms with Crippen LogP contribution in [0.2, 0.25) is 0 Å². The first-order valence-corrected chi connectivity index (χ1v) is 10.5. The van der Waals surface area contributed by atoms with Gasteiger partial charge in [0.15, 0.2) is 6.61 Å². The van der Waals surface area contributed by atoms with Crippen molar-refractivity contribution >= 4 is 23.4 Å². The van der Waals surface area contributed by atoms with E-state index in [4.69, 9.17) is 4.74 Å². The highest BCUT2D eigenvalue weighted by Crippen LogP contribution is 2.17. The molecule has 31 heavy (non-hydrogen) atoms. The van der Waals surface area contributed by atoms with Crippen molar-refractivity contribution in [2.24, 2.45) is 0 Å². The van der Waals surface area contributed by atoms with Crippen molar-refractivity contribution in [1.29, 1.82) is 0 Å². The van der Waals surface area contributed by atoms with Crippen LogP contribution < -0.4 is 15.4 Å². The van der Waals surface area contributed by atoms with Crippen molar-refractivity contribution in [2.45, 2.75) is 39.7 Å². The van der Waals surface area contributed by atoms with E-state index in [2.05, 4.69) is 10.6 Å². The Morgan fingerprint density at radius 1 is 1.03 bits per heavy atom. The zero-order chi connectivity index (χ0) is 22.4. The van der Waals surface area contributed by atoms with Gasteiger partial charge in [-0.2, -0.15) is 0 Å².